The van der Waals surface area contributed by atoms with E-state index in [1.54, 1.807) is 18.2 Å². The van der Waals surface area contributed by atoms with E-state index in [2.05, 4.69) is 0 Å². The minimum absolute atomic E-state index is 0.0484. The van der Waals surface area contributed by atoms with Crippen LogP contribution < -0.4 is 9.47 Å². The van der Waals surface area contributed by atoms with Gasteiger partial charge in [-0.15, -0.1) is 0 Å². The minimum Gasteiger partial charge on any atom is -0.508 e. The largest absolute Gasteiger partial charge is 0.508 e. The third-order valence-corrected chi connectivity index (χ3v) is 3.06. The Morgan fingerprint density at radius 2 is 1.50 bits per heavy atom. The first kappa shape index (κ1) is 15.4. The third kappa shape index (κ3) is 3.38. The molecule has 0 spiro atoms. The zero-order chi connectivity index (χ0) is 16.1. The van der Waals surface area contributed by atoms with E-state index in [-0.39, 0.29) is 34.3 Å². The number of phenols is 2. The van der Waals surface area contributed by atoms with Crippen molar-refractivity contribution in [2.24, 2.45) is 0 Å². The number of ketones is 1. The lowest BCUT2D eigenvalue weighted by Crippen LogP contribution is -2.02. The van der Waals surface area contributed by atoms with E-state index in [0.29, 0.717) is 0 Å². The molecule has 0 fully saturated rings. The maximum absolute atomic E-state index is 12.4. The van der Waals surface area contributed by atoms with E-state index in [1.165, 1.54) is 44.6 Å². The van der Waals surface area contributed by atoms with Crippen LogP contribution in [0.25, 0.3) is 6.08 Å². The number of hydrogen-bond donors (Lipinski definition) is 2. The maximum atomic E-state index is 12.4. The van der Waals surface area contributed by atoms with E-state index in [0.717, 1.165) is 5.56 Å². The summed E-state index contributed by atoms with van der Waals surface area (Å²) in [7, 11) is 2.82. The van der Waals surface area contributed by atoms with Gasteiger partial charge in [-0.25, -0.2) is 0 Å². The second kappa shape index (κ2) is 6.67. The number of hydrogen-bond acceptors (Lipinski definition) is 5. The molecule has 0 amide bonds. The highest BCUT2D eigenvalue weighted by Crippen LogP contribution is 2.34. The first-order valence-corrected chi connectivity index (χ1v) is 6.51. The number of rotatable bonds is 5. The molecule has 0 bridgehead atoms. The Morgan fingerprint density at radius 1 is 0.955 bits per heavy atom. The maximum Gasteiger partial charge on any atom is 0.193 e. The summed E-state index contributed by atoms with van der Waals surface area (Å²) in [5.74, 6) is 0.259. The Hall–Kier alpha value is -2.95. The molecule has 2 N–H and O–H groups in total. The number of carbonyl (C=O) groups excluding carboxylic acids is 1. The van der Waals surface area contributed by atoms with Gasteiger partial charge in [0.25, 0.3) is 0 Å². The van der Waals surface area contributed by atoms with Crippen LogP contribution in [-0.4, -0.2) is 30.2 Å². The summed E-state index contributed by atoms with van der Waals surface area (Å²) in [6, 6.07) is 9.14. The number of carbonyl (C=O) groups is 1. The average molecular weight is 300 g/mol. The topological polar surface area (TPSA) is 76.0 Å². The Labute approximate surface area is 128 Å². The average Bonchev–Trinajstić information content (AvgIpc) is 2.53. The minimum atomic E-state index is -0.318. The van der Waals surface area contributed by atoms with Gasteiger partial charge in [0.15, 0.2) is 5.78 Å². The molecule has 0 saturated carbocycles. The van der Waals surface area contributed by atoms with Crippen molar-refractivity contribution in [2.75, 3.05) is 14.2 Å². The predicted octanol–water partition coefficient (Wildman–Crippen LogP) is 3.01. The number of methoxy groups -OCH3 is 2. The Bertz CT molecular complexity index is 676. The van der Waals surface area contributed by atoms with Crippen molar-refractivity contribution in [2.45, 2.75) is 0 Å². The summed E-state index contributed by atoms with van der Waals surface area (Å²) in [6.45, 7) is 0. The smallest absolute Gasteiger partial charge is 0.193 e. The number of allylic oxidation sites excluding steroid dienone is 1. The molecule has 5 heteroatoms. The van der Waals surface area contributed by atoms with Crippen LogP contribution in [0.15, 0.2) is 42.5 Å². The monoisotopic (exact) mass is 300 g/mol. The van der Waals surface area contributed by atoms with Gasteiger partial charge in [-0.2, -0.15) is 0 Å². The van der Waals surface area contributed by atoms with Crippen molar-refractivity contribution in [3.05, 3.63) is 53.6 Å². The van der Waals surface area contributed by atoms with Gasteiger partial charge in [-0.3, -0.25) is 4.79 Å². The van der Waals surface area contributed by atoms with Crippen LogP contribution >= 0.6 is 0 Å². The van der Waals surface area contributed by atoms with Gasteiger partial charge in [0.2, 0.25) is 0 Å². The van der Waals surface area contributed by atoms with E-state index in [4.69, 9.17) is 9.47 Å². The standard InChI is InChI=1S/C17H16O5/c1-21-15-9-13(19)10-16(22-2)17(15)14(20)8-5-11-3-6-12(18)7-4-11/h3-10,18-19H,1-2H3/b8-5+. The van der Waals surface area contributed by atoms with Crippen molar-refractivity contribution in [1.29, 1.82) is 0 Å². The van der Waals surface area contributed by atoms with Crippen LogP contribution in [0, 0.1) is 0 Å². The fourth-order valence-corrected chi connectivity index (χ4v) is 1.98. The van der Waals surface area contributed by atoms with Crippen molar-refractivity contribution >= 4 is 11.9 Å². The Balaban J connectivity index is 2.34. The SMILES string of the molecule is COc1cc(O)cc(OC)c1C(=O)/C=C/c1ccc(O)cc1. The van der Waals surface area contributed by atoms with Crippen molar-refractivity contribution in [3.63, 3.8) is 0 Å². The summed E-state index contributed by atoms with van der Waals surface area (Å²) >= 11 is 0. The quantitative estimate of drug-likeness (QED) is 0.655. The molecule has 0 aromatic heterocycles. The first-order chi connectivity index (χ1) is 10.5. The van der Waals surface area contributed by atoms with E-state index >= 15 is 0 Å². The summed E-state index contributed by atoms with van der Waals surface area (Å²) in [5.41, 5.74) is 1.00. The van der Waals surface area contributed by atoms with Crippen LogP contribution in [0.3, 0.4) is 0 Å². The molecule has 22 heavy (non-hydrogen) atoms. The summed E-state index contributed by atoms with van der Waals surface area (Å²) in [6.07, 6.45) is 3.00. The fourth-order valence-electron chi connectivity index (χ4n) is 1.98. The van der Waals surface area contributed by atoms with Gasteiger partial charge >= 0.3 is 0 Å². The molecular weight excluding hydrogens is 284 g/mol. The van der Waals surface area contributed by atoms with Crippen molar-refractivity contribution in [1.82, 2.24) is 0 Å². The Kier molecular flexibility index (Phi) is 4.68. The molecule has 0 atom stereocenters. The Morgan fingerprint density at radius 3 is 2.00 bits per heavy atom. The van der Waals surface area contributed by atoms with Gasteiger partial charge in [-0.1, -0.05) is 18.2 Å². The lowest BCUT2D eigenvalue weighted by atomic mass is 10.1. The highest BCUT2D eigenvalue weighted by atomic mass is 16.5. The molecule has 0 radical (unpaired) electrons. The normalized spacial score (nSPS) is 10.6. The molecular formula is C17H16O5. The molecule has 0 heterocycles. The summed E-state index contributed by atoms with van der Waals surface area (Å²) in [4.78, 5) is 12.4. The molecule has 0 unspecified atom stereocenters. The molecule has 0 aliphatic heterocycles. The van der Waals surface area contributed by atoms with Gasteiger partial charge in [0.1, 0.15) is 28.6 Å². The lowest BCUT2D eigenvalue weighted by molar-refractivity contribution is 0.104. The fraction of sp³-hybridized carbons (Fsp3) is 0.118. The lowest BCUT2D eigenvalue weighted by Gasteiger charge is -2.11. The van der Waals surface area contributed by atoms with Gasteiger partial charge in [-0.05, 0) is 23.8 Å². The van der Waals surface area contributed by atoms with E-state index in [9.17, 15) is 15.0 Å². The molecule has 2 aromatic carbocycles. The number of phenolic OH excluding ortho intramolecular Hbond substituents is 2. The second-order valence-electron chi connectivity index (χ2n) is 4.51. The first-order valence-electron chi connectivity index (χ1n) is 6.51. The number of benzene rings is 2. The molecule has 2 rings (SSSR count). The third-order valence-electron chi connectivity index (χ3n) is 3.06. The van der Waals surface area contributed by atoms with Gasteiger partial charge < -0.3 is 19.7 Å². The predicted molar refractivity (Wildman–Crippen MR) is 82.7 cm³/mol. The molecule has 2 aromatic rings. The van der Waals surface area contributed by atoms with Crippen LogP contribution in [0.4, 0.5) is 0 Å². The summed E-state index contributed by atoms with van der Waals surface area (Å²) < 4.78 is 10.3. The number of aromatic hydroxyl groups is 2. The summed E-state index contributed by atoms with van der Waals surface area (Å²) in [5, 5.41) is 18.8. The van der Waals surface area contributed by atoms with E-state index < -0.39 is 0 Å². The van der Waals surface area contributed by atoms with Crippen LogP contribution in [0.5, 0.6) is 23.0 Å². The van der Waals surface area contributed by atoms with Crippen LogP contribution in [-0.2, 0) is 0 Å². The van der Waals surface area contributed by atoms with E-state index in [1.807, 2.05) is 0 Å². The highest BCUT2D eigenvalue weighted by Gasteiger charge is 2.17. The van der Waals surface area contributed by atoms with Crippen LogP contribution in [0.1, 0.15) is 15.9 Å². The molecule has 114 valence electrons. The van der Waals surface area contributed by atoms with Gasteiger partial charge in [0, 0.05) is 12.1 Å². The second-order valence-corrected chi connectivity index (χ2v) is 4.51. The zero-order valence-electron chi connectivity index (χ0n) is 12.2. The van der Waals surface area contributed by atoms with Crippen molar-refractivity contribution < 1.29 is 24.5 Å². The zero-order valence-corrected chi connectivity index (χ0v) is 12.2. The highest BCUT2D eigenvalue weighted by molar-refractivity contribution is 6.10. The molecule has 0 aliphatic rings. The van der Waals surface area contributed by atoms with Crippen LogP contribution in [0.2, 0.25) is 0 Å². The molecule has 0 aliphatic carbocycles. The van der Waals surface area contributed by atoms with Crippen molar-refractivity contribution in [3.8, 4) is 23.0 Å². The molecule has 5 nitrogen and oxygen atoms in total. The van der Waals surface area contributed by atoms with Gasteiger partial charge in [0.05, 0.1) is 14.2 Å². The molecule has 0 saturated heterocycles. The number of ether oxygens (including phenoxy) is 2.